The molecule has 2 atom stereocenters. The lowest BCUT2D eigenvalue weighted by Gasteiger charge is -2.24. The van der Waals surface area contributed by atoms with Gasteiger partial charge in [0.1, 0.15) is 0 Å². The zero-order chi connectivity index (χ0) is 14.3. The number of amides is 2. The number of urea groups is 1. The van der Waals surface area contributed by atoms with E-state index in [2.05, 4.69) is 12.2 Å². The summed E-state index contributed by atoms with van der Waals surface area (Å²) in [5.41, 5.74) is 0. The van der Waals surface area contributed by atoms with Gasteiger partial charge in [0.15, 0.2) is 0 Å². The van der Waals surface area contributed by atoms with Crippen LogP contribution in [-0.2, 0) is 4.79 Å². The Kier molecular flexibility index (Phi) is 6.67. The van der Waals surface area contributed by atoms with E-state index in [9.17, 15) is 9.59 Å². The first kappa shape index (κ1) is 15.8. The van der Waals surface area contributed by atoms with E-state index < -0.39 is 5.97 Å². The Labute approximate surface area is 115 Å². The second-order valence-corrected chi connectivity index (χ2v) is 5.48. The van der Waals surface area contributed by atoms with Crippen LogP contribution in [-0.4, -0.2) is 41.1 Å². The standard InChI is InChI=1S/C14H26N2O3/c1-3-16(10-9-13(17)18)14(19)15-12-6-4-5-11(2)7-8-12/h11-12H,3-10H2,1-2H3,(H,15,19)(H,17,18). The van der Waals surface area contributed by atoms with E-state index in [1.807, 2.05) is 6.92 Å². The van der Waals surface area contributed by atoms with Crippen molar-refractivity contribution in [1.29, 1.82) is 0 Å². The van der Waals surface area contributed by atoms with Crippen LogP contribution in [0.15, 0.2) is 0 Å². The molecular formula is C14H26N2O3. The minimum absolute atomic E-state index is 0.00294. The molecular weight excluding hydrogens is 244 g/mol. The first-order valence-corrected chi connectivity index (χ1v) is 7.30. The summed E-state index contributed by atoms with van der Waals surface area (Å²) in [4.78, 5) is 24.2. The van der Waals surface area contributed by atoms with E-state index in [0.717, 1.165) is 31.6 Å². The van der Waals surface area contributed by atoms with E-state index in [1.165, 1.54) is 6.42 Å². The van der Waals surface area contributed by atoms with Crippen molar-refractivity contribution in [2.24, 2.45) is 5.92 Å². The van der Waals surface area contributed by atoms with E-state index in [4.69, 9.17) is 5.11 Å². The molecule has 110 valence electrons. The zero-order valence-electron chi connectivity index (χ0n) is 12.0. The Balaban J connectivity index is 2.40. The molecule has 0 aliphatic heterocycles. The van der Waals surface area contributed by atoms with Crippen molar-refractivity contribution >= 4 is 12.0 Å². The number of hydrogen-bond acceptors (Lipinski definition) is 2. The van der Waals surface area contributed by atoms with Crippen molar-refractivity contribution in [3.8, 4) is 0 Å². The lowest BCUT2D eigenvalue weighted by molar-refractivity contribution is -0.137. The lowest BCUT2D eigenvalue weighted by atomic mass is 10.0. The molecule has 1 saturated carbocycles. The first-order chi connectivity index (χ1) is 9.02. The van der Waals surface area contributed by atoms with E-state index in [-0.39, 0.29) is 25.0 Å². The first-order valence-electron chi connectivity index (χ1n) is 7.30. The van der Waals surface area contributed by atoms with Gasteiger partial charge in [0, 0.05) is 19.1 Å². The van der Waals surface area contributed by atoms with Crippen molar-refractivity contribution in [3.63, 3.8) is 0 Å². The van der Waals surface area contributed by atoms with Crippen LogP contribution in [0.25, 0.3) is 0 Å². The zero-order valence-corrected chi connectivity index (χ0v) is 12.0. The number of carboxylic acids is 1. The third-order valence-corrected chi connectivity index (χ3v) is 3.85. The molecule has 1 aliphatic rings. The van der Waals surface area contributed by atoms with Crippen molar-refractivity contribution in [2.45, 2.75) is 58.4 Å². The fourth-order valence-corrected chi connectivity index (χ4v) is 2.53. The van der Waals surface area contributed by atoms with Crippen LogP contribution >= 0.6 is 0 Å². The summed E-state index contributed by atoms with van der Waals surface area (Å²) in [6.45, 7) is 4.95. The highest BCUT2D eigenvalue weighted by Crippen LogP contribution is 2.22. The molecule has 0 saturated heterocycles. The van der Waals surface area contributed by atoms with Gasteiger partial charge in [0.05, 0.1) is 6.42 Å². The summed E-state index contributed by atoms with van der Waals surface area (Å²) in [6.07, 6.45) is 5.63. The van der Waals surface area contributed by atoms with Gasteiger partial charge in [-0.2, -0.15) is 0 Å². The molecule has 0 spiro atoms. The minimum Gasteiger partial charge on any atom is -0.481 e. The summed E-state index contributed by atoms with van der Waals surface area (Å²) >= 11 is 0. The van der Waals surface area contributed by atoms with Gasteiger partial charge in [-0.05, 0) is 32.1 Å². The maximum atomic E-state index is 12.1. The highest BCUT2D eigenvalue weighted by Gasteiger charge is 2.20. The Morgan fingerprint density at radius 1 is 1.26 bits per heavy atom. The smallest absolute Gasteiger partial charge is 0.317 e. The van der Waals surface area contributed by atoms with Gasteiger partial charge in [0.2, 0.25) is 0 Å². The second kappa shape index (κ2) is 8.02. The number of hydrogen-bond donors (Lipinski definition) is 2. The van der Waals surface area contributed by atoms with E-state index in [1.54, 1.807) is 4.90 Å². The van der Waals surface area contributed by atoms with Gasteiger partial charge in [-0.3, -0.25) is 4.79 Å². The number of aliphatic carboxylic acids is 1. The summed E-state index contributed by atoms with van der Waals surface area (Å²) < 4.78 is 0. The topological polar surface area (TPSA) is 69.6 Å². The number of nitrogens with zero attached hydrogens (tertiary/aromatic N) is 1. The molecule has 19 heavy (non-hydrogen) atoms. The average molecular weight is 270 g/mol. The quantitative estimate of drug-likeness (QED) is 0.754. The summed E-state index contributed by atoms with van der Waals surface area (Å²) in [5, 5.41) is 11.7. The summed E-state index contributed by atoms with van der Waals surface area (Å²) in [5.74, 6) is -0.120. The molecule has 0 aromatic heterocycles. The molecule has 2 amide bonds. The molecule has 1 fully saturated rings. The Bertz CT molecular complexity index is 307. The SMILES string of the molecule is CCN(CCC(=O)O)C(=O)NC1CCCC(C)CC1. The molecule has 2 N–H and O–H groups in total. The Hall–Kier alpha value is -1.26. The fraction of sp³-hybridized carbons (Fsp3) is 0.857. The van der Waals surface area contributed by atoms with Crippen molar-refractivity contribution in [3.05, 3.63) is 0 Å². The predicted molar refractivity (Wildman–Crippen MR) is 74.1 cm³/mol. The maximum Gasteiger partial charge on any atom is 0.317 e. The number of nitrogens with one attached hydrogen (secondary N) is 1. The number of carboxylic acid groups (broad SMARTS) is 1. The van der Waals surface area contributed by atoms with Gasteiger partial charge in [-0.25, -0.2) is 4.79 Å². The van der Waals surface area contributed by atoms with Crippen molar-refractivity contribution in [2.75, 3.05) is 13.1 Å². The molecule has 1 rings (SSSR count). The average Bonchev–Trinajstić information content (AvgIpc) is 2.55. The molecule has 5 heteroatoms. The summed E-state index contributed by atoms with van der Waals surface area (Å²) in [6, 6.07) is 0.125. The third kappa shape index (κ3) is 5.94. The minimum atomic E-state index is -0.866. The van der Waals surface area contributed by atoms with Crippen LogP contribution in [0.4, 0.5) is 4.79 Å². The monoisotopic (exact) mass is 270 g/mol. The van der Waals surface area contributed by atoms with Gasteiger partial charge < -0.3 is 15.3 Å². The van der Waals surface area contributed by atoms with Crippen LogP contribution in [0, 0.1) is 5.92 Å². The highest BCUT2D eigenvalue weighted by atomic mass is 16.4. The molecule has 2 unspecified atom stereocenters. The summed E-state index contributed by atoms with van der Waals surface area (Å²) in [7, 11) is 0. The normalized spacial score (nSPS) is 23.5. The van der Waals surface area contributed by atoms with Gasteiger partial charge in [0.25, 0.3) is 0 Å². The predicted octanol–water partition coefficient (Wildman–Crippen LogP) is 2.46. The molecule has 0 heterocycles. The van der Waals surface area contributed by atoms with Gasteiger partial charge in [-0.1, -0.05) is 19.8 Å². The molecule has 0 aromatic carbocycles. The third-order valence-electron chi connectivity index (χ3n) is 3.85. The highest BCUT2D eigenvalue weighted by molar-refractivity contribution is 5.75. The number of rotatable bonds is 5. The number of carbonyl (C=O) groups is 2. The molecule has 0 aromatic rings. The number of carbonyl (C=O) groups excluding carboxylic acids is 1. The van der Waals surface area contributed by atoms with Crippen LogP contribution in [0.3, 0.4) is 0 Å². The van der Waals surface area contributed by atoms with Crippen LogP contribution in [0.2, 0.25) is 0 Å². The molecule has 5 nitrogen and oxygen atoms in total. The van der Waals surface area contributed by atoms with Gasteiger partial charge >= 0.3 is 12.0 Å². The largest absolute Gasteiger partial charge is 0.481 e. The molecule has 0 bridgehead atoms. The van der Waals surface area contributed by atoms with Gasteiger partial charge in [-0.15, -0.1) is 0 Å². The van der Waals surface area contributed by atoms with Crippen molar-refractivity contribution < 1.29 is 14.7 Å². The van der Waals surface area contributed by atoms with Crippen LogP contribution in [0.5, 0.6) is 0 Å². The Morgan fingerprint density at radius 3 is 2.63 bits per heavy atom. The maximum absolute atomic E-state index is 12.1. The fourth-order valence-electron chi connectivity index (χ4n) is 2.53. The van der Waals surface area contributed by atoms with Crippen LogP contribution in [0.1, 0.15) is 52.4 Å². The van der Waals surface area contributed by atoms with Crippen molar-refractivity contribution in [1.82, 2.24) is 10.2 Å². The van der Waals surface area contributed by atoms with E-state index in [0.29, 0.717) is 6.54 Å². The molecule has 0 radical (unpaired) electrons. The molecule has 1 aliphatic carbocycles. The van der Waals surface area contributed by atoms with Crippen LogP contribution < -0.4 is 5.32 Å². The second-order valence-electron chi connectivity index (χ2n) is 5.48. The van der Waals surface area contributed by atoms with E-state index >= 15 is 0 Å². The Morgan fingerprint density at radius 2 is 2.00 bits per heavy atom. The lowest BCUT2D eigenvalue weighted by Crippen LogP contribution is -2.45.